The van der Waals surface area contributed by atoms with Gasteiger partial charge in [-0.25, -0.2) is 0 Å². The van der Waals surface area contributed by atoms with E-state index in [1.807, 2.05) is 20.1 Å². The summed E-state index contributed by atoms with van der Waals surface area (Å²) in [7, 11) is 0. The Kier molecular flexibility index (Phi) is 5.51. The highest BCUT2D eigenvalue weighted by atomic mass is 32.2. The number of aryl methyl sites for hydroxylation is 2. The molecule has 1 unspecified atom stereocenters. The van der Waals surface area contributed by atoms with E-state index in [4.69, 9.17) is 4.74 Å². The lowest BCUT2D eigenvalue weighted by molar-refractivity contribution is -0.121. The number of carbonyl (C=O) groups is 1. The van der Waals surface area contributed by atoms with Crippen LogP contribution < -0.4 is 10.1 Å². The Hall–Kier alpha value is -1.16. The number of carbonyl (C=O) groups excluding carboxylic acids is 1. The summed E-state index contributed by atoms with van der Waals surface area (Å²) in [4.78, 5) is 11.3. The number of amides is 1. The predicted octanol–water partition coefficient (Wildman–Crippen LogP) is 3.59. The molecule has 0 saturated heterocycles. The maximum atomic E-state index is 11.3. The number of nitrogens with one attached hydrogen (secondary N) is 1. The minimum absolute atomic E-state index is 0.0473. The van der Waals surface area contributed by atoms with Crippen molar-refractivity contribution in [3.63, 3.8) is 0 Å². The van der Waals surface area contributed by atoms with Gasteiger partial charge in [-0.3, -0.25) is 4.79 Å². The van der Waals surface area contributed by atoms with E-state index in [1.54, 1.807) is 11.8 Å². The van der Waals surface area contributed by atoms with Gasteiger partial charge in [-0.2, -0.15) is 0 Å². The first-order valence-electron chi connectivity index (χ1n) is 6.73. The highest BCUT2D eigenvalue weighted by Gasteiger charge is 2.31. The van der Waals surface area contributed by atoms with Crippen molar-refractivity contribution < 1.29 is 9.53 Å². The molecule has 0 aliphatic carbocycles. The third-order valence-corrected chi connectivity index (χ3v) is 4.56. The Balaban J connectivity index is 2.96. The van der Waals surface area contributed by atoms with Crippen LogP contribution in [0.2, 0.25) is 0 Å². The Labute approximate surface area is 126 Å². The van der Waals surface area contributed by atoms with Crippen molar-refractivity contribution in [2.24, 2.45) is 0 Å². The summed E-state index contributed by atoms with van der Waals surface area (Å²) in [5.41, 5.74) is 3.15. The van der Waals surface area contributed by atoms with Gasteiger partial charge < -0.3 is 10.1 Å². The zero-order valence-corrected chi connectivity index (χ0v) is 14.3. The van der Waals surface area contributed by atoms with Crippen LogP contribution in [-0.4, -0.2) is 23.1 Å². The standard InChI is InChI=1S/C16H25NO2S/c1-10-8-14(9-11(2)12(10)3)19-15(20-7)16(5,6)17-13(4)18/h8-9,15H,1-7H3,(H,17,18). The van der Waals surface area contributed by atoms with Crippen molar-refractivity contribution in [1.29, 1.82) is 0 Å². The molecule has 3 nitrogen and oxygen atoms in total. The first kappa shape index (κ1) is 16.9. The monoisotopic (exact) mass is 295 g/mol. The van der Waals surface area contributed by atoms with Crippen LogP contribution in [-0.2, 0) is 4.79 Å². The van der Waals surface area contributed by atoms with Gasteiger partial charge in [0.15, 0.2) is 5.44 Å². The molecule has 0 fully saturated rings. The first-order chi connectivity index (χ1) is 9.17. The van der Waals surface area contributed by atoms with Crippen molar-refractivity contribution >= 4 is 17.7 Å². The van der Waals surface area contributed by atoms with E-state index in [0.717, 1.165) is 5.75 Å². The molecule has 20 heavy (non-hydrogen) atoms. The Morgan fingerprint density at radius 2 is 1.75 bits per heavy atom. The zero-order chi connectivity index (χ0) is 15.5. The van der Waals surface area contributed by atoms with Crippen molar-refractivity contribution in [2.45, 2.75) is 52.5 Å². The van der Waals surface area contributed by atoms with Crippen LogP contribution in [0.5, 0.6) is 5.75 Å². The summed E-state index contributed by atoms with van der Waals surface area (Å²) in [6, 6.07) is 4.10. The second-order valence-electron chi connectivity index (χ2n) is 5.77. The lowest BCUT2D eigenvalue weighted by atomic mass is 10.0. The Bertz CT molecular complexity index is 474. The fourth-order valence-corrected chi connectivity index (χ4v) is 3.05. The van der Waals surface area contributed by atoms with E-state index in [-0.39, 0.29) is 11.3 Å². The van der Waals surface area contributed by atoms with Crippen LogP contribution in [0.1, 0.15) is 37.5 Å². The average Bonchev–Trinajstić information content (AvgIpc) is 2.30. The van der Waals surface area contributed by atoms with Gasteiger partial charge >= 0.3 is 0 Å². The van der Waals surface area contributed by atoms with E-state index in [9.17, 15) is 4.79 Å². The zero-order valence-electron chi connectivity index (χ0n) is 13.5. The fraction of sp³-hybridized carbons (Fsp3) is 0.562. The van der Waals surface area contributed by atoms with Crippen LogP contribution in [0.3, 0.4) is 0 Å². The second kappa shape index (κ2) is 6.53. The van der Waals surface area contributed by atoms with Crippen LogP contribution in [0.15, 0.2) is 12.1 Å². The minimum atomic E-state index is -0.433. The maximum Gasteiger partial charge on any atom is 0.217 e. The van der Waals surface area contributed by atoms with Crippen LogP contribution >= 0.6 is 11.8 Å². The average molecular weight is 295 g/mol. The SMILES string of the molecule is CSC(Oc1cc(C)c(C)c(C)c1)C(C)(C)NC(C)=O. The molecule has 0 aliphatic heterocycles. The van der Waals surface area contributed by atoms with E-state index in [1.165, 1.54) is 23.6 Å². The van der Waals surface area contributed by atoms with Gasteiger partial charge in [0.2, 0.25) is 5.91 Å². The molecule has 4 heteroatoms. The molecular formula is C16H25NO2S. The van der Waals surface area contributed by atoms with Crippen molar-refractivity contribution in [3.8, 4) is 5.75 Å². The molecule has 1 N–H and O–H groups in total. The summed E-state index contributed by atoms with van der Waals surface area (Å²) in [5, 5.41) is 2.95. The topological polar surface area (TPSA) is 38.3 Å². The molecule has 0 spiro atoms. The molecule has 0 heterocycles. The predicted molar refractivity (Wildman–Crippen MR) is 86.5 cm³/mol. The molecule has 1 atom stereocenters. The largest absolute Gasteiger partial charge is 0.477 e. The third-order valence-electron chi connectivity index (χ3n) is 3.45. The molecule has 1 rings (SSSR count). The summed E-state index contributed by atoms with van der Waals surface area (Å²) in [6.07, 6.45) is 1.99. The summed E-state index contributed by atoms with van der Waals surface area (Å²) in [5.74, 6) is 0.803. The molecule has 1 aromatic carbocycles. The van der Waals surface area contributed by atoms with Gasteiger partial charge in [-0.15, -0.1) is 11.8 Å². The molecule has 0 aliphatic rings. The molecule has 0 saturated carbocycles. The second-order valence-corrected chi connectivity index (χ2v) is 6.67. The molecule has 112 valence electrons. The van der Waals surface area contributed by atoms with Crippen molar-refractivity contribution in [1.82, 2.24) is 5.32 Å². The quantitative estimate of drug-likeness (QED) is 0.844. The Morgan fingerprint density at radius 1 is 1.25 bits per heavy atom. The highest BCUT2D eigenvalue weighted by molar-refractivity contribution is 7.99. The smallest absolute Gasteiger partial charge is 0.217 e. The molecule has 0 radical (unpaired) electrons. The van der Waals surface area contributed by atoms with Crippen LogP contribution in [0, 0.1) is 20.8 Å². The highest BCUT2D eigenvalue weighted by Crippen LogP contribution is 2.28. The molecule has 0 bridgehead atoms. The number of thioether (sulfide) groups is 1. The maximum absolute atomic E-state index is 11.3. The fourth-order valence-electron chi connectivity index (χ4n) is 2.19. The Morgan fingerprint density at radius 3 is 2.15 bits per heavy atom. The summed E-state index contributed by atoms with van der Waals surface area (Å²) >= 11 is 1.59. The van der Waals surface area contributed by atoms with E-state index in [0.29, 0.717) is 0 Å². The van der Waals surface area contributed by atoms with E-state index < -0.39 is 5.54 Å². The van der Waals surface area contributed by atoms with Crippen molar-refractivity contribution in [2.75, 3.05) is 6.26 Å². The lowest BCUT2D eigenvalue weighted by Gasteiger charge is -2.34. The third kappa shape index (κ3) is 4.17. The molecule has 1 aromatic rings. The van der Waals surface area contributed by atoms with E-state index in [2.05, 4.69) is 38.2 Å². The normalized spacial score (nSPS) is 12.9. The number of hydrogen-bond donors (Lipinski definition) is 1. The van der Waals surface area contributed by atoms with Gasteiger partial charge in [0.25, 0.3) is 0 Å². The lowest BCUT2D eigenvalue weighted by Crippen LogP contribution is -2.52. The van der Waals surface area contributed by atoms with Crippen LogP contribution in [0.25, 0.3) is 0 Å². The van der Waals surface area contributed by atoms with Gasteiger partial charge in [0, 0.05) is 6.92 Å². The molecular weight excluding hydrogens is 270 g/mol. The van der Waals surface area contributed by atoms with E-state index >= 15 is 0 Å². The van der Waals surface area contributed by atoms with Crippen LogP contribution in [0.4, 0.5) is 0 Å². The molecule has 0 aromatic heterocycles. The number of ether oxygens (including phenoxy) is 1. The van der Waals surface area contributed by atoms with Gasteiger partial charge in [-0.1, -0.05) is 0 Å². The molecule has 1 amide bonds. The summed E-state index contributed by atoms with van der Waals surface area (Å²) in [6.45, 7) is 11.8. The number of benzene rings is 1. The van der Waals surface area contributed by atoms with Crippen molar-refractivity contribution in [3.05, 3.63) is 28.8 Å². The number of rotatable bonds is 5. The summed E-state index contributed by atoms with van der Waals surface area (Å²) < 4.78 is 6.09. The van der Waals surface area contributed by atoms with Gasteiger partial charge in [-0.05, 0) is 69.7 Å². The van der Waals surface area contributed by atoms with Gasteiger partial charge in [0.05, 0.1) is 5.54 Å². The minimum Gasteiger partial charge on any atom is -0.477 e. The first-order valence-corrected chi connectivity index (χ1v) is 8.02. The number of hydrogen-bond acceptors (Lipinski definition) is 3. The van der Waals surface area contributed by atoms with Gasteiger partial charge in [0.1, 0.15) is 5.75 Å².